The molecule has 0 amide bonds. The molecule has 0 fully saturated rings. The fraction of sp³-hybridized carbons (Fsp3) is 0.267. The van der Waals surface area contributed by atoms with Gasteiger partial charge < -0.3 is 10.1 Å². The highest BCUT2D eigenvalue weighted by atomic mass is 79.9. The second kappa shape index (κ2) is 7.50. The van der Waals surface area contributed by atoms with Gasteiger partial charge in [-0.2, -0.15) is 0 Å². The van der Waals surface area contributed by atoms with Crippen LogP contribution >= 0.6 is 27.5 Å². The van der Waals surface area contributed by atoms with Crippen LogP contribution in [0.5, 0.6) is 5.75 Å². The van der Waals surface area contributed by atoms with E-state index >= 15 is 0 Å². The first-order valence-electron chi connectivity index (χ1n) is 6.45. The Balaban J connectivity index is 1.97. The number of hydrogen-bond acceptors (Lipinski definition) is 3. The second-order valence-corrected chi connectivity index (χ2v) is 5.56. The number of nitrogens with zero attached hydrogens (tertiary/aromatic N) is 1. The lowest BCUT2D eigenvalue weighted by molar-refractivity contribution is 0.317. The van der Waals surface area contributed by atoms with E-state index in [-0.39, 0.29) is 0 Å². The number of nitrogens with one attached hydrogen (secondary N) is 1. The molecule has 0 aliphatic rings. The highest BCUT2D eigenvalue weighted by Gasteiger charge is 2.01. The van der Waals surface area contributed by atoms with Crippen molar-refractivity contribution in [1.82, 2.24) is 4.98 Å². The van der Waals surface area contributed by atoms with E-state index < -0.39 is 0 Å². The summed E-state index contributed by atoms with van der Waals surface area (Å²) < 4.78 is 6.40. The third kappa shape index (κ3) is 4.39. The van der Waals surface area contributed by atoms with Crippen LogP contribution in [0.2, 0.25) is 5.15 Å². The number of pyridine rings is 1. The van der Waals surface area contributed by atoms with E-state index in [0.717, 1.165) is 34.5 Å². The van der Waals surface area contributed by atoms with Gasteiger partial charge in [0.15, 0.2) is 0 Å². The summed E-state index contributed by atoms with van der Waals surface area (Å²) in [5, 5.41) is 3.77. The minimum Gasteiger partial charge on any atom is -0.494 e. The van der Waals surface area contributed by atoms with Gasteiger partial charge in [-0.1, -0.05) is 30.7 Å². The Morgan fingerprint density at radius 3 is 2.95 bits per heavy atom. The first kappa shape index (κ1) is 15.1. The maximum absolute atomic E-state index is 5.86. The van der Waals surface area contributed by atoms with Gasteiger partial charge in [-0.05, 0) is 46.1 Å². The van der Waals surface area contributed by atoms with Gasteiger partial charge in [0.25, 0.3) is 0 Å². The molecule has 0 saturated heterocycles. The lowest BCUT2D eigenvalue weighted by Crippen LogP contribution is -2.01. The van der Waals surface area contributed by atoms with Crippen LogP contribution in [-0.4, -0.2) is 11.6 Å². The van der Waals surface area contributed by atoms with Crippen molar-refractivity contribution >= 4 is 33.2 Å². The smallest absolute Gasteiger partial charge is 0.143 e. The number of benzene rings is 1. The Labute approximate surface area is 132 Å². The van der Waals surface area contributed by atoms with Crippen molar-refractivity contribution in [3.05, 3.63) is 51.7 Å². The number of hydrogen-bond donors (Lipinski definition) is 1. The lowest BCUT2D eigenvalue weighted by Gasteiger charge is -2.09. The van der Waals surface area contributed by atoms with Crippen molar-refractivity contribution in [3.8, 4) is 5.75 Å². The number of rotatable bonds is 6. The standard InChI is InChI=1S/C15H16BrClN2O/c1-2-6-20-13-5-3-4-11(7-13)9-18-12-8-14(16)15(17)19-10-12/h3-5,7-8,10,18H,2,6,9H2,1H3. The van der Waals surface area contributed by atoms with Crippen LogP contribution in [-0.2, 0) is 6.54 Å². The summed E-state index contributed by atoms with van der Waals surface area (Å²) >= 11 is 9.22. The number of anilines is 1. The SMILES string of the molecule is CCCOc1cccc(CNc2cnc(Cl)c(Br)c2)c1. The van der Waals surface area contributed by atoms with Gasteiger partial charge in [0.1, 0.15) is 10.9 Å². The minimum atomic E-state index is 0.463. The molecule has 3 nitrogen and oxygen atoms in total. The van der Waals surface area contributed by atoms with Gasteiger partial charge in [0, 0.05) is 6.54 Å². The van der Waals surface area contributed by atoms with Crippen LogP contribution < -0.4 is 10.1 Å². The molecule has 0 atom stereocenters. The van der Waals surface area contributed by atoms with Crippen molar-refractivity contribution in [2.45, 2.75) is 19.9 Å². The molecule has 1 aromatic carbocycles. The average Bonchev–Trinajstić information content (AvgIpc) is 2.47. The van der Waals surface area contributed by atoms with Gasteiger partial charge in [0.2, 0.25) is 0 Å². The average molecular weight is 356 g/mol. The maximum atomic E-state index is 5.86. The quantitative estimate of drug-likeness (QED) is 0.748. The molecule has 0 spiro atoms. The summed E-state index contributed by atoms with van der Waals surface area (Å²) in [5.41, 5.74) is 2.07. The van der Waals surface area contributed by atoms with Gasteiger partial charge in [0.05, 0.1) is 23.0 Å². The molecule has 1 N–H and O–H groups in total. The molecule has 2 rings (SSSR count). The predicted octanol–water partition coefficient (Wildman–Crippen LogP) is 4.90. The molecule has 106 valence electrons. The molecule has 0 bridgehead atoms. The zero-order valence-corrected chi connectivity index (χ0v) is 13.5. The fourth-order valence-electron chi connectivity index (χ4n) is 1.69. The molecule has 20 heavy (non-hydrogen) atoms. The minimum absolute atomic E-state index is 0.463. The van der Waals surface area contributed by atoms with Gasteiger partial charge in [-0.3, -0.25) is 0 Å². The zero-order chi connectivity index (χ0) is 14.4. The van der Waals surface area contributed by atoms with Crippen LogP contribution in [0.25, 0.3) is 0 Å². The molecule has 0 saturated carbocycles. The monoisotopic (exact) mass is 354 g/mol. The van der Waals surface area contributed by atoms with Gasteiger partial charge in [-0.25, -0.2) is 4.98 Å². The van der Waals surface area contributed by atoms with Crippen molar-refractivity contribution in [1.29, 1.82) is 0 Å². The summed E-state index contributed by atoms with van der Waals surface area (Å²) in [6.45, 7) is 3.54. The van der Waals surface area contributed by atoms with Gasteiger partial charge in [-0.15, -0.1) is 0 Å². The van der Waals surface area contributed by atoms with E-state index in [1.807, 2.05) is 24.3 Å². The lowest BCUT2D eigenvalue weighted by atomic mass is 10.2. The third-order valence-corrected chi connectivity index (χ3v) is 3.80. The molecular formula is C15H16BrClN2O. The number of halogens is 2. The van der Waals surface area contributed by atoms with Crippen LogP contribution in [0, 0.1) is 0 Å². The van der Waals surface area contributed by atoms with Crippen molar-refractivity contribution in [2.75, 3.05) is 11.9 Å². The Morgan fingerprint density at radius 2 is 2.20 bits per heavy atom. The summed E-state index contributed by atoms with van der Waals surface area (Å²) in [6.07, 6.45) is 2.72. The molecular weight excluding hydrogens is 340 g/mol. The Bertz CT molecular complexity index is 578. The zero-order valence-electron chi connectivity index (χ0n) is 11.2. The summed E-state index contributed by atoms with van der Waals surface area (Å²) in [4.78, 5) is 4.08. The van der Waals surface area contributed by atoms with E-state index in [2.05, 4.69) is 39.2 Å². The van der Waals surface area contributed by atoms with Crippen LogP contribution in [0.15, 0.2) is 41.0 Å². The first-order valence-corrected chi connectivity index (χ1v) is 7.63. The third-order valence-electron chi connectivity index (χ3n) is 2.66. The normalized spacial score (nSPS) is 10.3. The highest BCUT2D eigenvalue weighted by Crippen LogP contribution is 2.23. The van der Waals surface area contributed by atoms with Crippen LogP contribution in [0.1, 0.15) is 18.9 Å². The van der Waals surface area contributed by atoms with E-state index in [4.69, 9.17) is 16.3 Å². The van der Waals surface area contributed by atoms with E-state index in [9.17, 15) is 0 Å². The number of ether oxygens (including phenoxy) is 1. The molecule has 0 aliphatic carbocycles. The molecule has 1 heterocycles. The summed E-state index contributed by atoms with van der Waals surface area (Å²) in [7, 11) is 0. The number of aromatic nitrogens is 1. The topological polar surface area (TPSA) is 34.1 Å². The Hall–Kier alpha value is -1.26. The Morgan fingerprint density at radius 1 is 1.35 bits per heavy atom. The molecule has 5 heteroatoms. The predicted molar refractivity (Wildman–Crippen MR) is 86.5 cm³/mol. The van der Waals surface area contributed by atoms with Crippen molar-refractivity contribution in [2.24, 2.45) is 0 Å². The van der Waals surface area contributed by atoms with Crippen LogP contribution in [0.3, 0.4) is 0 Å². The second-order valence-electron chi connectivity index (χ2n) is 4.35. The first-order chi connectivity index (χ1) is 9.69. The summed E-state index contributed by atoms with van der Waals surface area (Å²) in [5.74, 6) is 0.904. The molecule has 0 unspecified atom stereocenters. The Kier molecular flexibility index (Phi) is 5.68. The summed E-state index contributed by atoms with van der Waals surface area (Å²) in [6, 6.07) is 9.98. The van der Waals surface area contributed by atoms with E-state index in [0.29, 0.717) is 11.7 Å². The molecule has 2 aromatic rings. The van der Waals surface area contributed by atoms with Crippen LogP contribution in [0.4, 0.5) is 5.69 Å². The van der Waals surface area contributed by atoms with Crippen molar-refractivity contribution in [3.63, 3.8) is 0 Å². The van der Waals surface area contributed by atoms with E-state index in [1.165, 1.54) is 0 Å². The largest absolute Gasteiger partial charge is 0.494 e. The molecule has 0 radical (unpaired) electrons. The maximum Gasteiger partial charge on any atom is 0.143 e. The van der Waals surface area contributed by atoms with Gasteiger partial charge >= 0.3 is 0 Å². The molecule has 0 aliphatic heterocycles. The molecule has 1 aromatic heterocycles. The van der Waals surface area contributed by atoms with Crippen molar-refractivity contribution < 1.29 is 4.74 Å². The van der Waals surface area contributed by atoms with E-state index in [1.54, 1.807) is 6.20 Å². The highest BCUT2D eigenvalue weighted by molar-refractivity contribution is 9.10. The fourth-order valence-corrected chi connectivity index (χ4v) is 2.14.